The lowest BCUT2D eigenvalue weighted by Gasteiger charge is -2.18. The van der Waals surface area contributed by atoms with E-state index in [1.54, 1.807) is 0 Å². The Balaban J connectivity index is 1.80. The molecule has 0 radical (unpaired) electrons. The smallest absolute Gasteiger partial charge is 0.154 e. The second-order valence-electron chi connectivity index (χ2n) is 5.12. The molecule has 4 heteroatoms. The molecule has 0 bridgehead atoms. The summed E-state index contributed by atoms with van der Waals surface area (Å²) in [5.74, 6) is 6.29. The van der Waals surface area contributed by atoms with Gasteiger partial charge in [0.15, 0.2) is 5.82 Å². The number of hydrogen-bond donors (Lipinski definition) is 0. The number of rotatable bonds is 1. The van der Waals surface area contributed by atoms with Crippen LogP contribution in [0.4, 0.5) is 0 Å². The average molecular weight is 237 g/mol. The summed E-state index contributed by atoms with van der Waals surface area (Å²) >= 11 is 2.06. The summed E-state index contributed by atoms with van der Waals surface area (Å²) in [6.45, 7) is 3.39. The van der Waals surface area contributed by atoms with Crippen LogP contribution in [0.5, 0.6) is 0 Å². The summed E-state index contributed by atoms with van der Waals surface area (Å²) in [4.78, 5) is 4.76. The Morgan fingerprint density at radius 3 is 3.12 bits per heavy atom. The van der Waals surface area contributed by atoms with Gasteiger partial charge in [-0.25, -0.2) is 9.67 Å². The molecular weight excluding hydrogens is 218 g/mol. The zero-order valence-electron chi connectivity index (χ0n) is 9.85. The molecule has 0 N–H and O–H groups in total. The van der Waals surface area contributed by atoms with Crippen LogP contribution in [-0.4, -0.2) is 26.3 Å². The van der Waals surface area contributed by atoms with Gasteiger partial charge in [-0.2, -0.15) is 16.9 Å². The molecule has 16 heavy (non-hydrogen) atoms. The molecule has 1 aromatic heterocycles. The van der Waals surface area contributed by atoms with Crippen molar-refractivity contribution >= 4 is 11.8 Å². The van der Waals surface area contributed by atoms with Crippen molar-refractivity contribution in [1.82, 2.24) is 14.8 Å². The molecule has 3 rings (SSSR count). The number of thioether (sulfide) groups is 1. The molecule has 1 saturated heterocycles. The molecule has 2 aliphatic heterocycles. The van der Waals surface area contributed by atoms with Gasteiger partial charge in [0, 0.05) is 24.6 Å². The largest absolute Gasteiger partial charge is 0.250 e. The van der Waals surface area contributed by atoms with Gasteiger partial charge in [0.2, 0.25) is 0 Å². The Morgan fingerprint density at radius 1 is 1.38 bits per heavy atom. The van der Waals surface area contributed by atoms with Crippen LogP contribution in [0.1, 0.15) is 43.8 Å². The van der Waals surface area contributed by atoms with Gasteiger partial charge in [-0.1, -0.05) is 6.92 Å². The predicted molar refractivity (Wildman–Crippen MR) is 66.8 cm³/mol. The van der Waals surface area contributed by atoms with Crippen LogP contribution in [-0.2, 0) is 13.0 Å². The summed E-state index contributed by atoms with van der Waals surface area (Å²) in [7, 11) is 0. The molecule has 0 saturated carbocycles. The monoisotopic (exact) mass is 237 g/mol. The van der Waals surface area contributed by atoms with E-state index in [9.17, 15) is 0 Å². The highest BCUT2D eigenvalue weighted by molar-refractivity contribution is 7.99. The van der Waals surface area contributed by atoms with Crippen LogP contribution >= 0.6 is 11.8 Å². The van der Waals surface area contributed by atoms with Crippen LogP contribution in [0.25, 0.3) is 0 Å². The molecule has 1 fully saturated rings. The summed E-state index contributed by atoms with van der Waals surface area (Å²) in [6.07, 6.45) is 4.99. The van der Waals surface area contributed by atoms with Crippen molar-refractivity contribution < 1.29 is 0 Å². The van der Waals surface area contributed by atoms with Crippen LogP contribution in [0.2, 0.25) is 0 Å². The summed E-state index contributed by atoms with van der Waals surface area (Å²) in [5, 5.41) is 4.70. The maximum absolute atomic E-state index is 4.76. The maximum atomic E-state index is 4.76. The molecular formula is C12H19N3S. The molecule has 88 valence electrons. The van der Waals surface area contributed by atoms with E-state index in [0.717, 1.165) is 24.7 Å². The number of aryl methyl sites for hydroxylation is 1. The highest BCUT2D eigenvalue weighted by Crippen LogP contribution is 2.30. The number of nitrogens with zero attached hydrogens (tertiary/aromatic N) is 3. The summed E-state index contributed by atoms with van der Waals surface area (Å²) < 4.78 is 2.15. The molecule has 0 amide bonds. The first-order valence-electron chi connectivity index (χ1n) is 6.34. The van der Waals surface area contributed by atoms with Crippen molar-refractivity contribution in [3.8, 4) is 0 Å². The van der Waals surface area contributed by atoms with Crippen molar-refractivity contribution in [3.05, 3.63) is 11.6 Å². The lowest BCUT2D eigenvalue weighted by Crippen LogP contribution is -2.18. The third-order valence-electron chi connectivity index (χ3n) is 3.65. The SMILES string of the molecule is CC1CCn2nc(C3CCCSC3)nc2C1. The predicted octanol–water partition coefficient (Wildman–Crippen LogP) is 2.47. The van der Waals surface area contributed by atoms with Crippen LogP contribution < -0.4 is 0 Å². The number of hydrogen-bond acceptors (Lipinski definition) is 3. The van der Waals surface area contributed by atoms with Gasteiger partial charge in [0.1, 0.15) is 5.82 Å². The van der Waals surface area contributed by atoms with E-state index in [2.05, 4.69) is 23.4 Å². The zero-order valence-corrected chi connectivity index (χ0v) is 10.7. The van der Waals surface area contributed by atoms with Crippen molar-refractivity contribution in [2.24, 2.45) is 5.92 Å². The van der Waals surface area contributed by atoms with E-state index < -0.39 is 0 Å². The average Bonchev–Trinajstić information content (AvgIpc) is 2.73. The van der Waals surface area contributed by atoms with Crippen molar-refractivity contribution in [2.45, 2.75) is 45.1 Å². The minimum Gasteiger partial charge on any atom is -0.250 e. The Kier molecular flexibility index (Phi) is 2.92. The summed E-state index contributed by atoms with van der Waals surface area (Å²) in [5.41, 5.74) is 0. The number of fused-ring (bicyclic) bond motifs is 1. The lowest BCUT2D eigenvalue weighted by molar-refractivity contribution is 0.385. The molecule has 3 heterocycles. The molecule has 2 atom stereocenters. The van der Waals surface area contributed by atoms with E-state index in [-0.39, 0.29) is 0 Å². The minimum atomic E-state index is 0.618. The van der Waals surface area contributed by atoms with E-state index >= 15 is 0 Å². The lowest BCUT2D eigenvalue weighted by atomic mass is 10.0. The van der Waals surface area contributed by atoms with Crippen molar-refractivity contribution in [2.75, 3.05) is 11.5 Å². The standard InChI is InChI=1S/C12H19N3S/c1-9-4-5-15-11(7-9)13-12(14-15)10-3-2-6-16-8-10/h9-10H,2-8H2,1H3. The molecule has 1 aromatic rings. The van der Waals surface area contributed by atoms with Crippen LogP contribution in [0.3, 0.4) is 0 Å². The van der Waals surface area contributed by atoms with Gasteiger partial charge in [-0.05, 0) is 30.9 Å². The fourth-order valence-electron chi connectivity index (χ4n) is 2.60. The minimum absolute atomic E-state index is 0.618. The highest BCUT2D eigenvalue weighted by Gasteiger charge is 2.24. The molecule has 2 unspecified atom stereocenters. The van der Waals surface area contributed by atoms with Gasteiger partial charge >= 0.3 is 0 Å². The fraction of sp³-hybridized carbons (Fsp3) is 0.833. The maximum Gasteiger partial charge on any atom is 0.154 e. The zero-order chi connectivity index (χ0) is 11.0. The quantitative estimate of drug-likeness (QED) is 0.752. The van der Waals surface area contributed by atoms with E-state index in [4.69, 9.17) is 10.1 Å². The molecule has 0 aliphatic carbocycles. The third-order valence-corrected chi connectivity index (χ3v) is 4.87. The van der Waals surface area contributed by atoms with Gasteiger partial charge in [-0.3, -0.25) is 0 Å². The summed E-state index contributed by atoms with van der Waals surface area (Å²) in [6, 6.07) is 0. The Hall–Kier alpha value is -0.510. The van der Waals surface area contributed by atoms with E-state index in [1.165, 1.54) is 36.6 Å². The van der Waals surface area contributed by atoms with Crippen LogP contribution in [0.15, 0.2) is 0 Å². The van der Waals surface area contributed by atoms with Gasteiger partial charge < -0.3 is 0 Å². The van der Waals surface area contributed by atoms with E-state index in [1.807, 2.05) is 0 Å². The van der Waals surface area contributed by atoms with Crippen molar-refractivity contribution in [3.63, 3.8) is 0 Å². The first kappa shape index (κ1) is 10.6. The topological polar surface area (TPSA) is 30.7 Å². The van der Waals surface area contributed by atoms with Gasteiger partial charge in [0.05, 0.1) is 0 Å². The molecule has 0 aromatic carbocycles. The van der Waals surface area contributed by atoms with Gasteiger partial charge in [-0.15, -0.1) is 0 Å². The Labute approximate surface area is 101 Å². The Bertz CT molecular complexity index is 368. The van der Waals surface area contributed by atoms with Crippen LogP contribution in [0, 0.1) is 5.92 Å². The second kappa shape index (κ2) is 4.40. The first-order valence-corrected chi connectivity index (χ1v) is 7.50. The third kappa shape index (κ3) is 1.99. The Morgan fingerprint density at radius 2 is 2.31 bits per heavy atom. The fourth-order valence-corrected chi connectivity index (χ4v) is 3.74. The molecule has 2 aliphatic rings. The first-order chi connectivity index (χ1) is 7.83. The highest BCUT2D eigenvalue weighted by atomic mass is 32.2. The number of aromatic nitrogens is 3. The van der Waals surface area contributed by atoms with E-state index in [0.29, 0.717) is 5.92 Å². The molecule has 3 nitrogen and oxygen atoms in total. The van der Waals surface area contributed by atoms with Crippen molar-refractivity contribution in [1.29, 1.82) is 0 Å². The second-order valence-corrected chi connectivity index (χ2v) is 6.27. The normalized spacial score (nSPS) is 30.1. The van der Waals surface area contributed by atoms with Gasteiger partial charge in [0.25, 0.3) is 0 Å². The molecule has 0 spiro atoms.